The number of carbonyl (C=O) groups is 2. The second kappa shape index (κ2) is 12.7. The molecule has 11 heteroatoms. The molecule has 1 aromatic heterocycles. The Morgan fingerprint density at radius 1 is 1.26 bits per heavy atom. The third-order valence-corrected chi connectivity index (χ3v) is 7.59. The molecule has 2 heterocycles. The number of aldehydes is 1. The lowest BCUT2D eigenvalue weighted by molar-refractivity contribution is -0.499. The summed E-state index contributed by atoms with van der Waals surface area (Å²) in [5.41, 5.74) is 2.61. The van der Waals surface area contributed by atoms with E-state index in [1.807, 2.05) is 55.5 Å². The van der Waals surface area contributed by atoms with Crippen molar-refractivity contribution >= 4 is 23.2 Å². The standard InChI is InChI=1S/C31H34N4O7/c1-3-4-11-28(41-23-14-12-21(13-15-23)29-32-25-9-5-6-10-26(25)33-29)42-31(40-2)17-16-27(35(38)39)24(19-31)30(37)34-18-7-8-22(34)20-36/h5-6,9-10,12-17,19-20,22,27-28H,3-4,7-8,11,18H2,1-2H3,(H,32,33)/t22-,27?,28?,31?/m0/s1. The van der Waals surface area contributed by atoms with E-state index in [4.69, 9.17) is 14.2 Å². The zero-order valence-corrected chi connectivity index (χ0v) is 23.6. The molecule has 5 rings (SSSR count). The average molecular weight is 575 g/mol. The second-order valence-electron chi connectivity index (χ2n) is 10.4. The molecule has 0 radical (unpaired) electrons. The highest BCUT2D eigenvalue weighted by molar-refractivity contribution is 5.97. The summed E-state index contributed by atoms with van der Waals surface area (Å²) in [6.07, 6.45) is 7.34. The van der Waals surface area contributed by atoms with E-state index in [0.29, 0.717) is 37.8 Å². The zero-order chi connectivity index (χ0) is 29.7. The molecule has 2 aliphatic rings. The number of aromatic amines is 1. The van der Waals surface area contributed by atoms with Gasteiger partial charge in [0.15, 0.2) is 0 Å². The third kappa shape index (κ3) is 6.12. The molecule has 11 nitrogen and oxygen atoms in total. The number of nitro groups is 1. The van der Waals surface area contributed by atoms with Crippen molar-refractivity contribution < 1.29 is 28.7 Å². The fourth-order valence-electron chi connectivity index (χ4n) is 5.30. The maximum Gasteiger partial charge on any atom is 0.261 e. The molecule has 0 saturated carbocycles. The molecule has 4 atom stereocenters. The number of fused-ring (bicyclic) bond motifs is 1. The summed E-state index contributed by atoms with van der Waals surface area (Å²) >= 11 is 0. The number of amides is 1. The summed E-state index contributed by atoms with van der Waals surface area (Å²) in [4.78, 5) is 45.7. The molecule has 3 aromatic rings. The number of nitrogens with one attached hydrogen (secondary N) is 1. The summed E-state index contributed by atoms with van der Waals surface area (Å²) in [6, 6.07) is 13.2. The number of methoxy groups -OCH3 is 1. The van der Waals surface area contributed by atoms with Gasteiger partial charge in [-0.1, -0.05) is 25.5 Å². The maximum atomic E-state index is 13.5. The Labute approximate surface area is 243 Å². The van der Waals surface area contributed by atoms with E-state index in [2.05, 4.69) is 9.97 Å². The molecule has 0 spiro atoms. The summed E-state index contributed by atoms with van der Waals surface area (Å²) in [6.45, 7) is 2.39. The Morgan fingerprint density at radius 2 is 2.05 bits per heavy atom. The molecule has 1 saturated heterocycles. The zero-order valence-electron chi connectivity index (χ0n) is 23.6. The Kier molecular flexibility index (Phi) is 8.79. The molecular weight excluding hydrogens is 540 g/mol. The lowest BCUT2D eigenvalue weighted by Gasteiger charge is -2.34. The Bertz CT molecular complexity index is 1470. The van der Waals surface area contributed by atoms with E-state index in [0.717, 1.165) is 35.3 Å². The van der Waals surface area contributed by atoms with Crippen LogP contribution in [0, 0.1) is 10.1 Å². The number of para-hydroxylation sites is 2. The van der Waals surface area contributed by atoms with Gasteiger partial charge in [-0.05, 0) is 73.9 Å². The van der Waals surface area contributed by atoms with Crippen LogP contribution in [0.15, 0.2) is 72.3 Å². The third-order valence-electron chi connectivity index (χ3n) is 7.59. The van der Waals surface area contributed by atoms with E-state index in [-0.39, 0.29) is 5.57 Å². The number of rotatable bonds is 12. The predicted molar refractivity (Wildman–Crippen MR) is 155 cm³/mol. The number of aromatic nitrogens is 2. The van der Waals surface area contributed by atoms with Crippen LogP contribution in [0.25, 0.3) is 22.4 Å². The van der Waals surface area contributed by atoms with Gasteiger partial charge in [0.2, 0.25) is 12.1 Å². The van der Waals surface area contributed by atoms with E-state index >= 15 is 0 Å². The number of nitrogens with zero attached hydrogens (tertiary/aromatic N) is 3. The summed E-state index contributed by atoms with van der Waals surface area (Å²) in [5.74, 6) is -0.866. The summed E-state index contributed by atoms with van der Waals surface area (Å²) in [7, 11) is 1.40. The van der Waals surface area contributed by atoms with Gasteiger partial charge in [-0.15, -0.1) is 0 Å². The normalized spacial score (nSPS) is 22.6. The molecule has 42 heavy (non-hydrogen) atoms. The van der Waals surface area contributed by atoms with Gasteiger partial charge in [-0.3, -0.25) is 14.9 Å². The van der Waals surface area contributed by atoms with Gasteiger partial charge >= 0.3 is 0 Å². The number of hydrogen-bond donors (Lipinski definition) is 1. The van der Waals surface area contributed by atoms with Gasteiger partial charge in [0.1, 0.15) is 17.9 Å². The first-order valence-electron chi connectivity index (χ1n) is 14.1. The molecule has 3 unspecified atom stereocenters. The molecule has 1 aliphatic carbocycles. The summed E-state index contributed by atoms with van der Waals surface area (Å²) < 4.78 is 18.3. The highest BCUT2D eigenvalue weighted by Crippen LogP contribution is 2.32. The fourth-order valence-corrected chi connectivity index (χ4v) is 5.30. The first kappa shape index (κ1) is 29.2. The van der Waals surface area contributed by atoms with Crippen LogP contribution < -0.4 is 4.74 Å². The van der Waals surface area contributed by atoms with Gasteiger partial charge in [0.25, 0.3) is 11.9 Å². The Morgan fingerprint density at radius 3 is 2.74 bits per heavy atom. The Balaban J connectivity index is 1.38. The van der Waals surface area contributed by atoms with Crippen molar-refractivity contribution in [3.05, 3.63) is 82.4 Å². The van der Waals surface area contributed by atoms with Crippen molar-refractivity contribution in [2.45, 2.75) is 63.2 Å². The molecule has 2 aromatic carbocycles. The predicted octanol–water partition coefficient (Wildman–Crippen LogP) is 4.82. The largest absolute Gasteiger partial charge is 0.465 e. The fraction of sp³-hybridized carbons (Fsp3) is 0.387. The topological polar surface area (TPSA) is 137 Å². The van der Waals surface area contributed by atoms with Crippen molar-refractivity contribution in [1.29, 1.82) is 0 Å². The number of ether oxygens (including phenoxy) is 3. The van der Waals surface area contributed by atoms with Crippen LogP contribution in [0.1, 0.15) is 39.0 Å². The molecule has 1 fully saturated rings. The minimum atomic E-state index is -1.58. The van der Waals surface area contributed by atoms with Crippen molar-refractivity contribution in [3.8, 4) is 17.1 Å². The first-order valence-corrected chi connectivity index (χ1v) is 14.1. The number of carbonyl (C=O) groups excluding carboxylic acids is 2. The average Bonchev–Trinajstić information content (AvgIpc) is 3.67. The molecule has 220 valence electrons. The number of unbranched alkanes of at least 4 members (excludes halogenated alkanes) is 1. The number of H-pyrrole nitrogens is 1. The van der Waals surface area contributed by atoms with Crippen LogP contribution in [0.5, 0.6) is 5.75 Å². The minimum Gasteiger partial charge on any atom is -0.465 e. The number of imidazole rings is 1. The Hall–Kier alpha value is -4.35. The van der Waals surface area contributed by atoms with Crippen LogP contribution >= 0.6 is 0 Å². The smallest absolute Gasteiger partial charge is 0.261 e. The molecular formula is C31H34N4O7. The van der Waals surface area contributed by atoms with Crippen LogP contribution in [0.2, 0.25) is 0 Å². The monoisotopic (exact) mass is 574 g/mol. The molecule has 0 bridgehead atoms. The van der Waals surface area contributed by atoms with Gasteiger partial charge in [-0.2, -0.15) is 0 Å². The molecule has 1 N–H and O–H groups in total. The van der Waals surface area contributed by atoms with Crippen LogP contribution in [-0.2, 0) is 19.1 Å². The second-order valence-corrected chi connectivity index (χ2v) is 10.4. The van der Waals surface area contributed by atoms with E-state index in [1.54, 1.807) is 0 Å². The van der Waals surface area contributed by atoms with Crippen LogP contribution in [-0.4, -0.2) is 69.8 Å². The SMILES string of the molecule is CCCCC(Oc1ccc(-c2nc3ccccc3[nH]2)cc1)OC1(OC)C=CC([N+](=O)[O-])C(C(=O)N2CCC[C@H]2C=O)=C1. The van der Waals surface area contributed by atoms with Crippen molar-refractivity contribution in [1.82, 2.24) is 14.9 Å². The highest BCUT2D eigenvalue weighted by atomic mass is 16.8. The highest BCUT2D eigenvalue weighted by Gasteiger charge is 2.43. The van der Waals surface area contributed by atoms with E-state index in [1.165, 1.54) is 30.2 Å². The maximum absolute atomic E-state index is 13.5. The lowest BCUT2D eigenvalue weighted by Crippen LogP contribution is -2.46. The van der Waals surface area contributed by atoms with E-state index in [9.17, 15) is 19.7 Å². The number of likely N-dealkylation sites (tertiary alicyclic amines) is 1. The van der Waals surface area contributed by atoms with Crippen LogP contribution in [0.4, 0.5) is 0 Å². The number of benzene rings is 2. The van der Waals surface area contributed by atoms with Crippen LogP contribution in [0.3, 0.4) is 0 Å². The van der Waals surface area contributed by atoms with Gasteiger partial charge < -0.3 is 28.9 Å². The summed E-state index contributed by atoms with van der Waals surface area (Å²) in [5, 5.41) is 11.9. The number of hydrogen-bond acceptors (Lipinski definition) is 8. The van der Waals surface area contributed by atoms with Gasteiger partial charge in [0.05, 0.1) is 22.6 Å². The van der Waals surface area contributed by atoms with Crippen molar-refractivity contribution in [2.75, 3.05) is 13.7 Å². The quantitative estimate of drug-likeness (QED) is 0.107. The first-order chi connectivity index (χ1) is 20.4. The van der Waals surface area contributed by atoms with Gasteiger partial charge in [-0.25, -0.2) is 4.98 Å². The van der Waals surface area contributed by atoms with Crippen molar-refractivity contribution in [2.24, 2.45) is 0 Å². The van der Waals surface area contributed by atoms with Crippen molar-refractivity contribution in [3.63, 3.8) is 0 Å². The lowest BCUT2D eigenvalue weighted by atomic mass is 9.95. The van der Waals surface area contributed by atoms with E-state index < -0.39 is 35.0 Å². The minimum absolute atomic E-state index is 0.109. The van der Waals surface area contributed by atoms with Gasteiger partial charge in [0, 0.05) is 30.6 Å². The molecule has 1 amide bonds. The molecule has 1 aliphatic heterocycles.